The second-order valence-corrected chi connectivity index (χ2v) is 11.6. The zero-order chi connectivity index (χ0) is 32.9. The van der Waals surface area contributed by atoms with Gasteiger partial charge in [0.15, 0.2) is 0 Å². The lowest BCUT2D eigenvalue weighted by Gasteiger charge is -2.14. The van der Waals surface area contributed by atoms with Crippen molar-refractivity contribution in [3.05, 3.63) is 151 Å². The maximum absolute atomic E-state index is 11.5. The van der Waals surface area contributed by atoms with Crippen molar-refractivity contribution in [1.29, 1.82) is 0 Å². The number of carbonyl (C=O) groups is 2. The van der Waals surface area contributed by atoms with E-state index in [0.29, 0.717) is 11.4 Å². The fraction of sp³-hybridized carbons (Fsp3) is 0. The van der Waals surface area contributed by atoms with Gasteiger partial charge in [0, 0.05) is 16.5 Å². The molecule has 0 aliphatic heterocycles. The summed E-state index contributed by atoms with van der Waals surface area (Å²) < 4.78 is 2.08. The van der Waals surface area contributed by atoms with E-state index in [4.69, 9.17) is 4.98 Å². The summed E-state index contributed by atoms with van der Waals surface area (Å²) in [5.41, 5.74) is 7.06. The normalized spacial score (nSPS) is 11.3. The van der Waals surface area contributed by atoms with Crippen LogP contribution in [0.4, 0.5) is 0 Å². The Balaban J connectivity index is 1.48. The van der Waals surface area contributed by atoms with Gasteiger partial charge < -0.3 is 15.3 Å². The summed E-state index contributed by atoms with van der Waals surface area (Å²) in [7, 11) is 0. The summed E-state index contributed by atoms with van der Waals surface area (Å²) in [5.74, 6) is -1.27. The van der Waals surface area contributed by atoms with Crippen molar-refractivity contribution < 1.29 is 24.9 Å². The van der Waals surface area contributed by atoms with Gasteiger partial charge in [-0.05, 0) is 93.7 Å². The lowest BCUT2D eigenvalue weighted by Crippen LogP contribution is -1.98. The Bertz CT molecular complexity index is 2550. The van der Waals surface area contributed by atoms with E-state index in [-0.39, 0.29) is 16.9 Å². The number of hydrogen-bond donors (Lipinski definition) is 3. The highest BCUT2D eigenvalue weighted by molar-refractivity contribution is 6.25. The summed E-state index contributed by atoms with van der Waals surface area (Å²) in [6.07, 6.45) is 0. The minimum atomic E-state index is -0.978. The van der Waals surface area contributed by atoms with Crippen LogP contribution in [0.1, 0.15) is 20.7 Å². The molecule has 0 saturated heterocycles. The molecule has 8 rings (SSSR count). The molecule has 0 aliphatic carbocycles. The molecule has 0 radical (unpaired) electrons. The van der Waals surface area contributed by atoms with E-state index in [2.05, 4.69) is 28.8 Å². The Hall–Kier alpha value is -6.73. The van der Waals surface area contributed by atoms with E-state index in [0.717, 1.165) is 60.5 Å². The van der Waals surface area contributed by atoms with Crippen LogP contribution in [0.2, 0.25) is 0 Å². The number of aromatic hydroxyl groups is 1. The van der Waals surface area contributed by atoms with Gasteiger partial charge in [0.05, 0.1) is 27.7 Å². The molecule has 8 aromatic rings. The summed E-state index contributed by atoms with van der Waals surface area (Å²) in [5, 5.41) is 33.7. The molecule has 0 amide bonds. The zero-order valence-corrected chi connectivity index (χ0v) is 25.3. The van der Waals surface area contributed by atoms with E-state index in [9.17, 15) is 24.9 Å². The van der Waals surface area contributed by atoms with Crippen LogP contribution in [0.3, 0.4) is 0 Å². The number of fused-ring (bicyclic) bond motifs is 6. The number of para-hydroxylation sites is 2. The van der Waals surface area contributed by atoms with Gasteiger partial charge in [-0.2, -0.15) is 0 Å². The minimum absolute atomic E-state index is 0.108. The molecule has 7 nitrogen and oxygen atoms in total. The highest BCUT2D eigenvalue weighted by Gasteiger charge is 2.22. The largest absolute Gasteiger partial charge is 0.507 e. The molecule has 1 aromatic heterocycles. The number of phenols is 1. The quantitative estimate of drug-likeness (QED) is 0.159. The summed E-state index contributed by atoms with van der Waals surface area (Å²) in [6.45, 7) is 0. The van der Waals surface area contributed by atoms with Crippen molar-refractivity contribution in [3.63, 3.8) is 0 Å². The number of benzene rings is 7. The third kappa shape index (κ3) is 4.73. The third-order valence-electron chi connectivity index (χ3n) is 8.81. The average molecular weight is 627 g/mol. The molecule has 0 aliphatic rings. The number of imidazole rings is 1. The van der Waals surface area contributed by atoms with E-state index < -0.39 is 11.9 Å². The van der Waals surface area contributed by atoms with Gasteiger partial charge in [-0.25, -0.2) is 14.6 Å². The van der Waals surface area contributed by atoms with Gasteiger partial charge in [0.2, 0.25) is 0 Å². The first-order valence-corrected chi connectivity index (χ1v) is 15.3. The second-order valence-electron chi connectivity index (χ2n) is 11.6. The van der Waals surface area contributed by atoms with Crippen LogP contribution >= 0.6 is 0 Å². The number of hydrogen-bond acceptors (Lipinski definition) is 4. The van der Waals surface area contributed by atoms with E-state index in [1.54, 1.807) is 48.5 Å². The lowest BCUT2D eigenvalue weighted by atomic mass is 9.93. The van der Waals surface area contributed by atoms with Crippen molar-refractivity contribution in [2.24, 2.45) is 0 Å². The molecule has 7 aromatic carbocycles. The van der Waals surface area contributed by atoms with Crippen molar-refractivity contribution in [2.75, 3.05) is 0 Å². The number of carboxylic acids is 2. The molecular weight excluding hydrogens is 600 g/mol. The van der Waals surface area contributed by atoms with Crippen LogP contribution in [0.15, 0.2) is 140 Å². The van der Waals surface area contributed by atoms with E-state index in [1.807, 2.05) is 66.7 Å². The van der Waals surface area contributed by atoms with Gasteiger partial charge >= 0.3 is 11.9 Å². The summed E-state index contributed by atoms with van der Waals surface area (Å²) >= 11 is 0. The number of aromatic nitrogens is 2. The Morgan fingerprint density at radius 2 is 1.02 bits per heavy atom. The molecule has 1 heterocycles. The van der Waals surface area contributed by atoms with Gasteiger partial charge in [0.1, 0.15) is 11.6 Å². The molecule has 0 fully saturated rings. The van der Waals surface area contributed by atoms with Crippen LogP contribution in [0.25, 0.3) is 71.9 Å². The zero-order valence-electron chi connectivity index (χ0n) is 25.3. The SMILES string of the molecule is O=C(O)c1ccc(-c2ccc3c4ccc(-c5ccc(C(=O)O)cc5)cc4c4c(nc(-c5ccccc5O)n4-c4ccccc4)c3c2)cc1. The number of rotatable bonds is 6. The average Bonchev–Trinajstić information content (AvgIpc) is 3.53. The molecule has 0 spiro atoms. The third-order valence-corrected chi connectivity index (χ3v) is 8.81. The Morgan fingerprint density at radius 3 is 1.58 bits per heavy atom. The standard InChI is InChI=1S/C41H26N2O5/c44-36-9-5-4-8-33(36)39-42-37-34-22-28(24-10-14-26(15-11-24)40(45)46)18-20-31(34)32-21-19-29(25-12-16-27(17-13-25)41(47)48)23-35(32)38(37)43(39)30-6-2-1-3-7-30/h1-23,44H,(H,45,46)(H,47,48). The second kappa shape index (κ2) is 11.3. The number of phenolic OH excluding ortho intramolecular Hbond substituents is 1. The van der Waals surface area contributed by atoms with Crippen LogP contribution in [0.5, 0.6) is 5.75 Å². The Morgan fingerprint density at radius 1 is 0.521 bits per heavy atom. The van der Waals surface area contributed by atoms with Gasteiger partial charge in [-0.3, -0.25) is 4.57 Å². The fourth-order valence-corrected chi connectivity index (χ4v) is 6.45. The number of carboxylic acid groups (broad SMARTS) is 2. The van der Waals surface area contributed by atoms with Crippen molar-refractivity contribution in [3.8, 4) is 45.1 Å². The van der Waals surface area contributed by atoms with Crippen LogP contribution in [0, 0.1) is 0 Å². The predicted octanol–water partition coefficient (Wildman–Crippen LogP) is 9.43. The maximum Gasteiger partial charge on any atom is 0.335 e. The molecule has 0 bridgehead atoms. The van der Waals surface area contributed by atoms with Crippen LogP contribution < -0.4 is 0 Å². The molecule has 0 unspecified atom stereocenters. The van der Waals surface area contributed by atoms with Crippen molar-refractivity contribution in [2.45, 2.75) is 0 Å². The van der Waals surface area contributed by atoms with Gasteiger partial charge in [-0.15, -0.1) is 0 Å². The Labute approximate surface area is 274 Å². The lowest BCUT2D eigenvalue weighted by molar-refractivity contribution is 0.0686. The van der Waals surface area contributed by atoms with Gasteiger partial charge in [-0.1, -0.05) is 78.9 Å². The van der Waals surface area contributed by atoms with Crippen LogP contribution in [-0.4, -0.2) is 36.8 Å². The molecule has 0 saturated carbocycles. The van der Waals surface area contributed by atoms with Gasteiger partial charge in [0.25, 0.3) is 0 Å². The first kappa shape index (κ1) is 28.7. The maximum atomic E-state index is 11.5. The molecule has 48 heavy (non-hydrogen) atoms. The Kier molecular flexibility index (Phi) is 6.74. The molecule has 7 heteroatoms. The first-order chi connectivity index (χ1) is 23.4. The predicted molar refractivity (Wildman–Crippen MR) is 188 cm³/mol. The first-order valence-electron chi connectivity index (χ1n) is 15.3. The van der Waals surface area contributed by atoms with Crippen molar-refractivity contribution in [1.82, 2.24) is 9.55 Å². The number of nitrogens with zero attached hydrogens (tertiary/aromatic N) is 2. The molecule has 230 valence electrons. The van der Waals surface area contributed by atoms with Crippen LogP contribution in [-0.2, 0) is 0 Å². The van der Waals surface area contributed by atoms with E-state index in [1.165, 1.54) is 0 Å². The summed E-state index contributed by atoms with van der Waals surface area (Å²) in [4.78, 5) is 28.3. The van der Waals surface area contributed by atoms with Crippen molar-refractivity contribution >= 4 is 44.5 Å². The minimum Gasteiger partial charge on any atom is -0.507 e. The highest BCUT2D eigenvalue weighted by atomic mass is 16.4. The number of aromatic carboxylic acids is 2. The fourth-order valence-electron chi connectivity index (χ4n) is 6.45. The monoisotopic (exact) mass is 626 g/mol. The topological polar surface area (TPSA) is 113 Å². The molecular formula is C41H26N2O5. The van der Waals surface area contributed by atoms with E-state index >= 15 is 0 Å². The smallest absolute Gasteiger partial charge is 0.335 e. The highest BCUT2D eigenvalue weighted by Crippen LogP contribution is 2.43. The molecule has 3 N–H and O–H groups in total. The summed E-state index contributed by atoms with van der Waals surface area (Å²) in [6, 6.07) is 43.1. The molecule has 0 atom stereocenters.